The molecule has 0 radical (unpaired) electrons. The lowest BCUT2D eigenvalue weighted by Gasteiger charge is -2.13. The Morgan fingerprint density at radius 1 is 1.12 bits per heavy atom. The number of ether oxygens (including phenoxy) is 2. The van der Waals surface area contributed by atoms with Crippen LogP contribution in [0.2, 0.25) is 0 Å². The zero-order valence-corrected chi connectivity index (χ0v) is 13.3. The summed E-state index contributed by atoms with van der Waals surface area (Å²) in [5.41, 5.74) is 7.29. The van der Waals surface area contributed by atoms with E-state index < -0.39 is 17.9 Å². The maximum Gasteiger partial charge on any atom is 0.329 e. The maximum atomic E-state index is 12.3. The normalized spacial score (nSPS) is 12.3. The van der Waals surface area contributed by atoms with Gasteiger partial charge in [0.15, 0.2) is 11.7 Å². The van der Waals surface area contributed by atoms with Gasteiger partial charge in [-0.15, -0.1) is 0 Å². The number of rotatable bonds is 5. The molecule has 0 spiro atoms. The van der Waals surface area contributed by atoms with E-state index in [1.165, 1.54) is 19.5 Å². The molecule has 0 fully saturated rings. The van der Waals surface area contributed by atoms with E-state index in [0.717, 1.165) is 11.8 Å². The molecule has 2 rings (SSSR count). The Morgan fingerprint density at radius 3 is 2.33 bits per heavy atom. The van der Waals surface area contributed by atoms with Crippen molar-refractivity contribution < 1.29 is 19.1 Å². The van der Waals surface area contributed by atoms with Gasteiger partial charge in [-0.25, -0.2) is 9.97 Å². The molecule has 0 aliphatic carbocycles. The quantitative estimate of drug-likeness (QED) is 0.504. The van der Waals surface area contributed by atoms with Crippen LogP contribution in [0.1, 0.15) is 22.9 Å². The predicted octanol–water partition coefficient (Wildman–Crippen LogP) is 1.54. The summed E-state index contributed by atoms with van der Waals surface area (Å²) in [5.74, 6) is -2.50. The van der Waals surface area contributed by atoms with Crippen molar-refractivity contribution >= 4 is 17.6 Å². The zero-order chi connectivity index (χ0) is 17.5. The van der Waals surface area contributed by atoms with Crippen LogP contribution in [-0.4, -0.2) is 29.0 Å². The average molecular weight is 327 g/mol. The number of aromatic nitrogens is 2. The first-order valence-electron chi connectivity index (χ1n) is 7.11. The molecule has 0 aliphatic heterocycles. The molecular weight excluding hydrogens is 310 g/mol. The Kier molecular flexibility index (Phi) is 5.62. The third kappa shape index (κ3) is 4.16. The maximum absolute atomic E-state index is 12.3. The molecule has 0 saturated heterocycles. The van der Waals surface area contributed by atoms with Gasteiger partial charge in [0.1, 0.15) is 12.0 Å². The van der Waals surface area contributed by atoms with Crippen molar-refractivity contribution in [1.82, 2.24) is 9.97 Å². The smallest absolute Gasteiger partial charge is 0.329 e. The number of nitrogens with two attached hydrogens (primary N) is 1. The number of hydrogen-bond donors (Lipinski definition) is 1. The molecule has 24 heavy (non-hydrogen) atoms. The van der Waals surface area contributed by atoms with Gasteiger partial charge in [-0.1, -0.05) is 29.8 Å². The largest absolute Gasteiger partial charge is 0.468 e. The summed E-state index contributed by atoms with van der Waals surface area (Å²) in [6.45, 7) is 1.90. The second-order valence-corrected chi connectivity index (χ2v) is 4.95. The Morgan fingerprint density at radius 2 is 1.75 bits per heavy atom. The van der Waals surface area contributed by atoms with Gasteiger partial charge in [0.2, 0.25) is 0 Å². The number of aryl methyl sites for hydroxylation is 1. The van der Waals surface area contributed by atoms with E-state index in [-0.39, 0.29) is 11.5 Å². The van der Waals surface area contributed by atoms with Crippen LogP contribution in [0.25, 0.3) is 5.70 Å². The highest BCUT2D eigenvalue weighted by atomic mass is 16.5. The second kappa shape index (κ2) is 7.87. The van der Waals surface area contributed by atoms with E-state index in [1.807, 2.05) is 6.92 Å². The van der Waals surface area contributed by atoms with Crippen LogP contribution in [0, 0.1) is 6.92 Å². The van der Waals surface area contributed by atoms with E-state index >= 15 is 0 Å². The molecule has 2 aromatic rings. The van der Waals surface area contributed by atoms with Crippen molar-refractivity contribution in [2.24, 2.45) is 5.73 Å². The van der Waals surface area contributed by atoms with Gasteiger partial charge in [-0.3, -0.25) is 9.59 Å². The van der Waals surface area contributed by atoms with Crippen LogP contribution in [0.15, 0.2) is 49.0 Å². The van der Waals surface area contributed by atoms with Gasteiger partial charge in [0.25, 0.3) is 0 Å². The number of hydrogen-bond acceptors (Lipinski definition) is 7. The molecule has 7 nitrogen and oxygen atoms in total. The molecular formula is C17H17N3O4. The summed E-state index contributed by atoms with van der Waals surface area (Å²) in [6, 6.07) is 8.56. The van der Waals surface area contributed by atoms with Crippen molar-refractivity contribution in [2.45, 2.75) is 12.8 Å². The Bertz CT molecular complexity index is 742. The van der Waals surface area contributed by atoms with Crippen LogP contribution < -0.4 is 5.73 Å². The first-order valence-corrected chi connectivity index (χ1v) is 7.11. The number of esters is 2. The van der Waals surface area contributed by atoms with Gasteiger partial charge in [0, 0.05) is 12.4 Å². The molecule has 1 heterocycles. The molecule has 0 saturated carbocycles. The minimum Gasteiger partial charge on any atom is -0.468 e. The van der Waals surface area contributed by atoms with Crippen molar-refractivity contribution in [3.63, 3.8) is 0 Å². The summed E-state index contributed by atoms with van der Waals surface area (Å²) < 4.78 is 9.71. The molecule has 1 unspecified atom stereocenters. The van der Waals surface area contributed by atoms with Gasteiger partial charge in [-0.05, 0) is 18.6 Å². The summed E-state index contributed by atoms with van der Waals surface area (Å²) >= 11 is 0. The van der Waals surface area contributed by atoms with Crippen molar-refractivity contribution in [3.05, 3.63) is 65.9 Å². The minimum atomic E-state index is -1.20. The third-order valence-electron chi connectivity index (χ3n) is 3.21. The van der Waals surface area contributed by atoms with Crippen LogP contribution in [0.5, 0.6) is 0 Å². The monoisotopic (exact) mass is 327 g/mol. The van der Waals surface area contributed by atoms with Gasteiger partial charge in [0.05, 0.1) is 7.11 Å². The Hall–Kier alpha value is -3.22. The number of carbonyl (C=O) groups is 2. The molecule has 124 valence electrons. The molecule has 0 bridgehead atoms. The van der Waals surface area contributed by atoms with E-state index in [0.29, 0.717) is 5.56 Å². The van der Waals surface area contributed by atoms with Crippen LogP contribution in [0.4, 0.5) is 0 Å². The summed E-state index contributed by atoms with van der Waals surface area (Å²) in [6.07, 6.45) is 4.03. The Labute approximate surface area is 139 Å². The SMILES string of the molecule is COC(=O)C(C(=O)OC=C(N)c1ncccn1)c1ccc(C)cc1. The summed E-state index contributed by atoms with van der Waals surface area (Å²) in [7, 11) is 1.21. The molecule has 1 atom stereocenters. The first kappa shape index (κ1) is 17.1. The standard InChI is InChI=1S/C17H17N3O4/c1-11-4-6-12(7-5-11)14(16(21)23-2)17(22)24-10-13(18)15-19-8-3-9-20-15/h3-10,14H,18H2,1-2H3. The van der Waals surface area contributed by atoms with Crippen molar-refractivity contribution in [3.8, 4) is 0 Å². The highest BCUT2D eigenvalue weighted by Gasteiger charge is 2.31. The van der Waals surface area contributed by atoms with E-state index in [4.69, 9.17) is 15.2 Å². The lowest BCUT2D eigenvalue weighted by Crippen LogP contribution is -2.24. The second-order valence-electron chi connectivity index (χ2n) is 4.95. The molecule has 1 aromatic carbocycles. The lowest BCUT2D eigenvalue weighted by molar-refractivity contribution is -0.152. The van der Waals surface area contributed by atoms with Crippen molar-refractivity contribution in [1.29, 1.82) is 0 Å². The molecule has 1 aromatic heterocycles. The highest BCUT2D eigenvalue weighted by molar-refractivity contribution is 6.01. The average Bonchev–Trinajstić information content (AvgIpc) is 2.62. The minimum absolute atomic E-state index is 0.0662. The Balaban J connectivity index is 2.19. The fraction of sp³-hybridized carbons (Fsp3) is 0.176. The topological polar surface area (TPSA) is 104 Å². The van der Waals surface area contributed by atoms with E-state index in [1.54, 1.807) is 30.3 Å². The predicted molar refractivity (Wildman–Crippen MR) is 86.2 cm³/mol. The fourth-order valence-electron chi connectivity index (χ4n) is 1.94. The molecule has 0 aliphatic rings. The molecule has 2 N–H and O–H groups in total. The number of carbonyl (C=O) groups excluding carboxylic acids is 2. The number of nitrogens with zero attached hydrogens (tertiary/aromatic N) is 2. The van der Waals surface area contributed by atoms with Gasteiger partial charge < -0.3 is 15.2 Å². The number of benzene rings is 1. The fourth-order valence-corrected chi connectivity index (χ4v) is 1.94. The van der Waals surface area contributed by atoms with Crippen LogP contribution >= 0.6 is 0 Å². The van der Waals surface area contributed by atoms with Crippen molar-refractivity contribution in [2.75, 3.05) is 7.11 Å². The first-order chi connectivity index (χ1) is 11.5. The van der Waals surface area contributed by atoms with Crippen LogP contribution in [-0.2, 0) is 19.1 Å². The highest BCUT2D eigenvalue weighted by Crippen LogP contribution is 2.20. The summed E-state index contributed by atoms with van der Waals surface area (Å²) in [4.78, 5) is 32.1. The van der Waals surface area contributed by atoms with Crippen LogP contribution in [0.3, 0.4) is 0 Å². The van der Waals surface area contributed by atoms with Gasteiger partial charge >= 0.3 is 11.9 Å². The molecule has 0 amide bonds. The lowest BCUT2D eigenvalue weighted by atomic mass is 9.98. The summed E-state index contributed by atoms with van der Waals surface area (Å²) in [5, 5.41) is 0. The number of methoxy groups -OCH3 is 1. The van der Waals surface area contributed by atoms with E-state index in [9.17, 15) is 9.59 Å². The van der Waals surface area contributed by atoms with Gasteiger partial charge in [-0.2, -0.15) is 0 Å². The zero-order valence-electron chi connectivity index (χ0n) is 13.3. The molecule has 7 heteroatoms. The third-order valence-corrected chi connectivity index (χ3v) is 3.21. The van der Waals surface area contributed by atoms with E-state index in [2.05, 4.69) is 9.97 Å².